The van der Waals surface area contributed by atoms with E-state index in [0.717, 1.165) is 13.1 Å². The Morgan fingerprint density at radius 3 is 2.68 bits per heavy atom. The highest BCUT2D eigenvalue weighted by Crippen LogP contribution is 2.13. The Kier molecular flexibility index (Phi) is 7.02. The van der Waals surface area contributed by atoms with Gasteiger partial charge in [-0.3, -0.25) is 4.79 Å². The zero-order chi connectivity index (χ0) is 15.3. The minimum absolute atomic E-state index is 0. The van der Waals surface area contributed by atoms with E-state index in [4.69, 9.17) is 0 Å². The van der Waals surface area contributed by atoms with Crippen LogP contribution < -0.4 is 10.0 Å². The summed E-state index contributed by atoms with van der Waals surface area (Å²) in [4.78, 5) is 14.2. The molecule has 1 heterocycles. The molecule has 1 aliphatic rings. The molecule has 1 saturated heterocycles. The molecular weight excluding hydrogens is 326 g/mol. The molecule has 1 amide bonds. The average Bonchev–Trinajstić information content (AvgIpc) is 2.53. The standard InChI is InChI=1S/C14H19N3O3S.ClH/c1-2-6-16-21(19,20)13-5-3-4-12(11-13)14(18)17-9-7-15-8-10-17;/h2-5,11,15-16H,1,6-10H2;1H. The molecule has 0 radical (unpaired) electrons. The zero-order valence-corrected chi connectivity index (χ0v) is 13.8. The molecule has 2 rings (SSSR count). The zero-order valence-electron chi connectivity index (χ0n) is 12.1. The maximum absolute atomic E-state index is 12.4. The van der Waals surface area contributed by atoms with E-state index in [9.17, 15) is 13.2 Å². The number of rotatable bonds is 5. The van der Waals surface area contributed by atoms with Crippen LogP contribution in [-0.2, 0) is 10.0 Å². The van der Waals surface area contributed by atoms with E-state index in [2.05, 4.69) is 16.6 Å². The third-order valence-electron chi connectivity index (χ3n) is 3.21. The van der Waals surface area contributed by atoms with Crippen LogP contribution in [0.1, 0.15) is 10.4 Å². The van der Waals surface area contributed by atoms with Crippen molar-refractivity contribution in [2.75, 3.05) is 32.7 Å². The third-order valence-corrected chi connectivity index (χ3v) is 4.63. The van der Waals surface area contributed by atoms with Gasteiger partial charge in [-0.2, -0.15) is 0 Å². The summed E-state index contributed by atoms with van der Waals surface area (Å²) in [6.45, 7) is 6.39. The monoisotopic (exact) mass is 345 g/mol. The Balaban J connectivity index is 0.00000242. The summed E-state index contributed by atoms with van der Waals surface area (Å²) in [5.74, 6) is -0.141. The van der Waals surface area contributed by atoms with Crippen LogP contribution in [0.2, 0.25) is 0 Å². The second kappa shape index (κ2) is 8.28. The number of carbonyl (C=O) groups excluding carboxylic acids is 1. The number of benzene rings is 1. The van der Waals surface area contributed by atoms with E-state index in [1.165, 1.54) is 18.2 Å². The van der Waals surface area contributed by atoms with Gasteiger partial charge in [-0.1, -0.05) is 12.1 Å². The second-order valence-corrected chi connectivity index (χ2v) is 6.48. The molecule has 1 aliphatic heterocycles. The summed E-state index contributed by atoms with van der Waals surface area (Å²) >= 11 is 0. The second-order valence-electron chi connectivity index (χ2n) is 4.71. The van der Waals surface area contributed by atoms with Gasteiger partial charge in [-0.05, 0) is 18.2 Å². The highest BCUT2D eigenvalue weighted by atomic mass is 35.5. The molecule has 0 unspecified atom stereocenters. The van der Waals surface area contributed by atoms with Gasteiger partial charge in [0.25, 0.3) is 5.91 Å². The number of carbonyl (C=O) groups is 1. The van der Waals surface area contributed by atoms with Gasteiger partial charge in [0.1, 0.15) is 0 Å². The molecule has 0 aromatic heterocycles. The molecule has 22 heavy (non-hydrogen) atoms. The molecule has 0 bridgehead atoms. The van der Waals surface area contributed by atoms with Crippen LogP contribution in [0.3, 0.4) is 0 Å². The summed E-state index contributed by atoms with van der Waals surface area (Å²) in [5, 5.41) is 3.17. The lowest BCUT2D eigenvalue weighted by Crippen LogP contribution is -2.46. The number of hydrogen-bond acceptors (Lipinski definition) is 4. The van der Waals surface area contributed by atoms with Gasteiger partial charge in [0.15, 0.2) is 0 Å². The van der Waals surface area contributed by atoms with Crippen LogP contribution in [0.4, 0.5) is 0 Å². The van der Waals surface area contributed by atoms with Crippen LogP contribution in [0.15, 0.2) is 41.8 Å². The van der Waals surface area contributed by atoms with Gasteiger partial charge in [-0.15, -0.1) is 19.0 Å². The average molecular weight is 346 g/mol. The van der Waals surface area contributed by atoms with Crippen molar-refractivity contribution in [3.05, 3.63) is 42.5 Å². The number of amides is 1. The van der Waals surface area contributed by atoms with Crippen molar-refractivity contribution < 1.29 is 13.2 Å². The number of nitrogens with zero attached hydrogens (tertiary/aromatic N) is 1. The number of nitrogens with one attached hydrogen (secondary N) is 2. The molecule has 0 atom stereocenters. The van der Waals surface area contributed by atoms with Crippen molar-refractivity contribution in [1.82, 2.24) is 14.9 Å². The molecule has 0 saturated carbocycles. The smallest absolute Gasteiger partial charge is 0.253 e. The molecular formula is C14H20ClN3O3S. The van der Waals surface area contributed by atoms with E-state index in [1.807, 2.05) is 0 Å². The van der Waals surface area contributed by atoms with Gasteiger partial charge < -0.3 is 10.2 Å². The van der Waals surface area contributed by atoms with Crippen molar-refractivity contribution in [3.63, 3.8) is 0 Å². The Labute approximate surface area is 137 Å². The van der Waals surface area contributed by atoms with Crippen LogP contribution >= 0.6 is 12.4 Å². The fraction of sp³-hybridized carbons (Fsp3) is 0.357. The van der Waals surface area contributed by atoms with Crippen LogP contribution in [0.25, 0.3) is 0 Å². The number of piperazine rings is 1. The minimum atomic E-state index is -3.61. The Morgan fingerprint density at radius 2 is 2.05 bits per heavy atom. The number of halogens is 1. The Morgan fingerprint density at radius 1 is 1.36 bits per heavy atom. The molecule has 0 spiro atoms. The van der Waals surface area contributed by atoms with Crippen molar-refractivity contribution in [2.24, 2.45) is 0 Å². The van der Waals surface area contributed by atoms with Gasteiger partial charge in [0.05, 0.1) is 4.90 Å². The molecule has 2 N–H and O–H groups in total. The predicted molar refractivity (Wildman–Crippen MR) is 87.8 cm³/mol. The van der Waals surface area contributed by atoms with Crippen LogP contribution in [0.5, 0.6) is 0 Å². The fourth-order valence-corrected chi connectivity index (χ4v) is 3.14. The van der Waals surface area contributed by atoms with Crippen LogP contribution in [-0.4, -0.2) is 51.9 Å². The van der Waals surface area contributed by atoms with Crippen molar-refractivity contribution >= 4 is 28.3 Å². The maximum Gasteiger partial charge on any atom is 0.253 e. The minimum Gasteiger partial charge on any atom is -0.336 e. The first-order valence-corrected chi connectivity index (χ1v) is 8.23. The molecule has 1 aromatic carbocycles. The lowest BCUT2D eigenvalue weighted by molar-refractivity contribution is 0.0735. The van der Waals surface area contributed by atoms with Crippen molar-refractivity contribution in [2.45, 2.75) is 4.90 Å². The lowest BCUT2D eigenvalue weighted by Gasteiger charge is -2.27. The summed E-state index contributed by atoms with van der Waals surface area (Å²) in [6, 6.07) is 6.10. The third kappa shape index (κ3) is 4.54. The number of hydrogen-bond donors (Lipinski definition) is 2. The van der Waals surface area contributed by atoms with E-state index >= 15 is 0 Å². The lowest BCUT2D eigenvalue weighted by atomic mass is 10.2. The predicted octanol–water partition coefficient (Wildman–Crippen LogP) is 0.618. The molecule has 0 aliphatic carbocycles. The van der Waals surface area contributed by atoms with Gasteiger partial charge in [0, 0.05) is 38.3 Å². The highest BCUT2D eigenvalue weighted by molar-refractivity contribution is 7.89. The van der Waals surface area contributed by atoms with E-state index in [-0.39, 0.29) is 29.8 Å². The Hall–Kier alpha value is -1.41. The van der Waals surface area contributed by atoms with Crippen molar-refractivity contribution in [3.8, 4) is 0 Å². The summed E-state index contributed by atoms with van der Waals surface area (Å²) in [6.07, 6.45) is 1.47. The molecule has 6 nitrogen and oxygen atoms in total. The SMILES string of the molecule is C=CCNS(=O)(=O)c1cccc(C(=O)N2CCNCC2)c1.Cl. The van der Waals surface area contributed by atoms with Gasteiger partial charge in [0.2, 0.25) is 10.0 Å². The molecule has 8 heteroatoms. The first-order chi connectivity index (χ1) is 10.0. The highest BCUT2D eigenvalue weighted by Gasteiger charge is 2.20. The van der Waals surface area contributed by atoms with Gasteiger partial charge in [-0.25, -0.2) is 13.1 Å². The molecule has 1 fully saturated rings. The van der Waals surface area contributed by atoms with Gasteiger partial charge >= 0.3 is 0 Å². The largest absolute Gasteiger partial charge is 0.336 e. The van der Waals surface area contributed by atoms with E-state index < -0.39 is 10.0 Å². The van der Waals surface area contributed by atoms with E-state index in [0.29, 0.717) is 18.7 Å². The Bertz CT molecular complexity index is 628. The molecule has 1 aromatic rings. The first kappa shape index (κ1) is 18.6. The summed E-state index contributed by atoms with van der Waals surface area (Å²) in [7, 11) is -3.61. The molecule has 122 valence electrons. The van der Waals surface area contributed by atoms with Crippen LogP contribution in [0, 0.1) is 0 Å². The summed E-state index contributed by atoms with van der Waals surface area (Å²) in [5.41, 5.74) is 0.387. The number of sulfonamides is 1. The fourth-order valence-electron chi connectivity index (χ4n) is 2.10. The van der Waals surface area contributed by atoms with Crippen molar-refractivity contribution in [1.29, 1.82) is 0 Å². The first-order valence-electron chi connectivity index (χ1n) is 6.75. The topological polar surface area (TPSA) is 78.5 Å². The summed E-state index contributed by atoms with van der Waals surface area (Å²) < 4.78 is 26.5. The van der Waals surface area contributed by atoms with E-state index in [1.54, 1.807) is 17.0 Å². The normalized spacial score (nSPS) is 15.0. The maximum atomic E-state index is 12.4. The quantitative estimate of drug-likeness (QED) is 0.767.